The summed E-state index contributed by atoms with van der Waals surface area (Å²) in [6.45, 7) is 4.17. The minimum Gasteiger partial charge on any atom is -1.00 e. The zero-order chi connectivity index (χ0) is 10.7. The van der Waals surface area contributed by atoms with E-state index in [0.717, 1.165) is 5.75 Å². The van der Waals surface area contributed by atoms with E-state index in [-0.39, 0.29) is 22.5 Å². The summed E-state index contributed by atoms with van der Waals surface area (Å²) in [4.78, 5) is 0. The second kappa shape index (κ2) is 7.04. The lowest BCUT2D eigenvalue weighted by molar-refractivity contribution is -0.670. The van der Waals surface area contributed by atoms with Crippen molar-refractivity contribution in [2.75, 3.05) is 6.61 Å². The monoisotopic (exact) mass is 297 g/mol. The van der Waals surface area contributed by atoms with Gasteiger partial charge in [-0.15, -0.1) is 0 Å². The Bertz CT molecular complexity index is 500. The molecule has 0 atom stereocenters. The molecular formula is C13H16BrNO2. The van der Waals surface area contributed by atoms with Crippen LogP contribution in [0.3, 0.4) is 0 Å². The Morgan fingerprint density at radius 3 is 2.76 bits per heavy atom. The molecule has 4 heteroatoms. The lowest BCUT2D eigenvalue weighted by Gasteiger charge is -2.03. The second-order valence-corrected chi connectivity index (χ2v) is 3.50. The van der Waals surface area contributed by atoms with E-state index in [0.29, 0.717) is 6.61 Å². The van der Waals surface area contributed by atoms with E-state index in [2.05, 4.69) is 24.9 Å². The lowest BCUT2D eigenvalue weighted by atomic mass is 10.2. The van der Waals surface area contributed by atoms with Crippen molar-refractivity contribution >= 4 is 10.8 Å². The third-order valence-electron chi connectivity index (χ3n) is 2.26. The lowest BCUT2D eigenvalue weighted by Crippen LogP contribution is -3.00. The van der Waals surface area contributed by atoms with Crippen LogP contribution in [0.25, 0.3) is 10.8 Å². The average molecular weight is 298 g/mol. The third-order valence-corrected chi connectivity index (χ3v) is 2.26. The first-order chi connectivity index (χ1) is 7.29. The molecule has 2 N–H and O–H groups in total. The van der Waals surface area contributed by atoms with Gasteiger partial charge in [0.05, 0.1) is 0 Å². The average Bonchev–Trinajstić information content (AvgIpc) is 2.26. The van der Waals surface area contributed by atoms with Gasteiger partial charge in [-0.1, -0.05) is 12.7 Å². The molecule has 0 bridgehead atoms. The van der Waals surface area contributed by atoms with Crippen molar-refractivity contribution in [1.29, 1.82) is 0 Å². The van der Waals surface area contributed by atoms with E-state index in [1.54, 1.807) is 6.08 Å². The van der Waals surface area contributed by atoms with Crippen LogP contribution in [0.1, 0.15) is 0 Å². The van der Waals surface area contributed by atoms with Crippen LogP contribution < -0.4 is 26.3 Å². The van der Waals surface area contributed by atoms with Gasteiger partial charge in [0.25, 0.3) is 0 Å². The summed E-state index contributed by atoms with van der Waals surface area (Å²) >= 11 is 0. The SMILES string of the molecule is C=CCOc1ccc2c[n+](C)ccc2c1.O.[Br-]. The van der Waals surface area contributed by atoms with Crippen LogP contribution in [0.5, 0.6) is 5.75 Å². The number of ether oxygens (including phenoxy) is 1. The molecule has 2 aromatic rings. The molecule has 0 fully saturated rings. The number of benzene rings is 1. The number of aryl methyl sites for hydroxylation is 1. The maximum atomic E-state index is 5.47. The number of fused-ring (bicyclic) bond motifs is 1. The van der Waals surface area contributed by atoms with Crippen molar-refractivity contribution in [2.24, 2.45) is 7.05 Å². The predicted molar refractivity (Wildman–Crippen MR) is 64.4 cm³/mol. The summed E-state index contributed by atoms with van der Waals surface area (Å²) < 4.78 is 7.50. The Hall–Kier alpha value is -1.39. The van der Waals surface area contributed by atoms with E-state index in [1.807, 2.05) is 29.9 Å². The Morgan fingerprint density at radius 2 is 2.06 bits per heavy atom. The van der Waals surface area contributed by atoms with Crippen LogP contribution in [0.15, 0.2) is 49.3 Å². The molecule has 0 saturated carbocycles. The van der Waals surface area contributed by atoms with Crippen LogP contribution in [-0.4, -0.2) is 12.1 Å². The normalized spacial score (nSPS) is 9.00. The molecule has 0 aliphatic rings. The van der Waals surface area contributed by atoms with Crippen molar-refractivity contribution in [3.63, 3.8) is 0 Å². The number of aromatic nitrogens is 1. The summed E-state index contributed by atoms with van der Waals surface area (Å²) in [5.74, 6) is 0.885. The molecule has 1 aromatic carbocycles. The van der Waals surface area contributed by atoms with Gasteiger partial charge in [-0.2, -0.15) is 0 Å². The molecule has 0 aliphatic heterocycles. The number of hydrogen-bond donors (Lipinski definition) is 0. The zero-order valence-electron chi connectivity index (χ0n) is 9.69. The fourth-order valence-corrected chi connectivity index (χ4v) is 1.52. The molecule has 0 aliphatic carbocycles. The maximum Gasteiger partial charge on any atom is 0.176 e. The Morgan fingerprint density at radius 1 is 1.29 bits per heavy atom. The molecule has 2 rings (SSSR count). The van der Waals surface area contributed by atoms with Gasteiger partial charge in [0, 0.05) is 11.5 Å². The van der Waals surface area contributed by atoms with E-state index in [4.69, 9.17) is 4.74 Å². The number of halogens is 1. The molecular weight excluding hydrogens is 282 g/mol. The minimum atomic E-state index is 0. The molecule has 0 saturated heterocycles. The van der Waals surface area contributed by atoms with E-state index >= 15 is 0 Å². The quantitative estimate of drug-likeness (QED) is 0.498. The molecule has 17 heavy (non-hydrogen) atoms. The van der Waals surface area contributed by atoms with E-state index < -0.39 is 0 Å². The molecule has 0 amide bonds. The first-order valence-electron chi connectivity index (χ1n) is 4.92. The highest BCUT2D eigenvalue weighted by molar-refractivity contribution is 5.82. The van der Waals surface area contributed by atoms with Crippen LogP contribution in [0.2, 0.25) is 0 Å². The summed E-state index contributed by atoms with van der Waals surface area (Å²) in [6, 6.07) is 8.16. The first kappa shape index (κ1) is 15.6. The van der Waals surface area contributed by atoms with Gasteiger partial charge in [-0.25, -0.2) is 4.57 Å². The number of hydrogen-bond acceptors (Lipinski definition) is 1. The standard InChI is InChI=1S/C13H14NO.BrH.H2O/c1-3-8-15-13-5-4-12-10-14(2)7-6-11(12)9-13;;/h3-7,9-10H,1,8H2,2H3;1H;1H2/q+1;;/p-1. The van der Waals surface area contributed by atoms with E-state index in [1.165, 1.54) is 10.8 Å². The smallest absolute Gasteiger partial charge is 0.176 e. The fraction of sp³-hybridized carbons (Fsp3) is 0.154. The van der Waals surface area contributed by atoms with Crippen molar-refractivity contribution in [1.82, 2.24) is 0 Å². The zero-order valence-corrected chi connectivity index (χ0v) is 11.3. The molecule has 92 valence electrons. The maximum absolute atomic E-state index is 5.47. The van der Waals surface area contributed by atoms with Gasteiger partial charge in [0.1, 0.15) is 19.4 Å². The van der Waals surface area contributed by atoms with Crippen molar-refractivity contribution in [2.45, 2.75) is 0 Å². The topological polar surface area (TPSA) is 44.6 Å². The highest BCUT2D eigenvalue weighted by Gasteiger charge is 2.00. The molecule has 0 radical (unpaired) electrons. The van der Waals surface area contributed by atoms with Gasteiger partial charge in [0.15, 0.2) is 12.4 Å². The summed E-state index contributed by atoms with van der Waals surface area (Å²) in [5, 5.41) is 2.40. The van der Waals surface area contributed by atoms with Crippen LogP contribution >= 0.6 is 0 Å². The fourth-order valence-electron chi connectivity index (χ4n) is 1.52. The summed E-state index contributed by atoms with van der Waals surface area (Å²) in [7, 11) is 2.02. The highest BCUT2D eigenvalue weighted by atomic mass is 79.9. The number of pyridine rings is 1. The van der Waals surface area contributed by atoms with Crippen molar-refractivity contribution < 1.29 is 31.8 Å². The van der Waals surface area contributed by atoms with Gasteiger partial charge < -0.3 is 27.2 Å². The molecule has 1 aromatic heterocycles. The second-order valence-electron chi connectivity index (χ2n) is 3.50. The van der Waals surface area contributed by atoms with Gasteiger partial charge in [-0.3, -0.25) is 0 Å². The van der Waals surface area contributed by atoms with E-state index in [9.17, 15) is 0 Å². The van der Waals surface area contributed by atoms with Gasteiger partial charge in [-0.05, 0) is 23.6 Å². The van der Waals surface area contributed by atoms with Crippen LogP contribution in [0, 0.1) is 0 Å². The summed E-state index contributed by atoms with van der Waals surface area (Å²) in [5.41, 5.74) is 0. The summed E-state index contributed by atoms with van der Waals surface area (Å²) in [6.07, 6.45) is 5.86. The molecule has 0 unspecified atom stereocenters. The molecule has 1 heterocycles. The predicted octanol–water partition coefficient (Wildman–Crippen LogP) is -1.59. The molecule has 3 nitrogen and oxygen atoms in total. The Balaban J connectivity index is 0.00000128. The van der Waals surface area contributed by atoms with Crippen LogP contribution in [-0.2, 0) is 7.05 Å². The largest absolute Gasteiger partial charge is 1.00 e. The van der Waals surface area contributed by atoms with Gasteiger partial charge >= 0.3 is 0 Å². The third kappa shape index (κ3) is 3.84. The number of nitrogens with zero attached hydrogens (tertiary/aromatic N) is 1. The first-order valence-corrected chi connectivity index (χ1v) is 4.92. The van der Waals surface area contributed by atoms with Crippen molar-refractivity contribution in [3.8, 4) is 5.75 Å². The number of rotatable bonds is 3. The van der Waals surface area contributed by atoms with Gasteiger partial charge in [0.2, 0.25) is 0 Å². The van der Waals surface area contributed by atoms with Crippen molar-refractivity contribution in [3.05, 3.63) is 49.3 Å². The highest BCUT2D eigenvalue weighted by Crippen LogP contribution is 2.19. The van der Waals surface area contributed by atoms with Crippen LogP contribution in [0.4, 0.5) is 0 Å². The minimum absolute atomic E-state index is 0. The molecule has 0 spiro atoms. The Kier molecular flexibility index (Phi) is 6.46. The Labute approximate surface area is 111 Å².